The van der Waals surface area contributed by atoms with Crippen LogP contribution in [0.15, 0.2) is 58.4 Å². The highest BCUT2D eigenvalue weighted by Gasteiger charge is 2.61. The molecule has 5 rings (SSSR count). The van der Waals surface area contributed by atoms with Crippen LogP contribution in [-0.4, -0.2) is 23.2 Å². The van der Waals surface area contributed by atoms with Gasteiger partial charge < -0.3 is 15.4 Å². The molecule has 1 spiro atoms. The van der Waals surface area contributed by atoms with E-state index in [1.165, 1.54) is 0 Å². The lowest BCUT2D eigenvalue weighted by atomic mass is 9.68. The number of amides is 1. The van der Waals surface area contributed by atoms with Crippen LogP contribution in [-0.2, 0) is 10.2 Å². The van der Waals surface area contributed by atoms with Crippen LogP contribution in [0, 0.1) is 18.3 Å². The summed E-state index contributed by atoms with van der Waals surface area (Å²) in [4.78, 5) is 15.5. The number of hydrogen-bond acceptors (Lipinski definition) is 5. The summed E-state index contributed by atoms with van der Waals surface area (Å²) < 4.78 is 6.46. The molecule has 3 aromatic rings. The largest absolute Gasteiger partial charge is 0.420 e. The van der Waals surface area contributed by atoms with Crippen molar-refractivity contribution in [2.75, 3.05) is 11.9 Å². The van der Waals surface area contributed by atoms with Crippen LogP contribution >= 0.6 is 15.9 Å². The number of halogens is 1. The minimum Gasteiger partial charge on any atom is -0.420 e. The third kappa shape index (κ3) is 2.13. The van der Waals surface area contributed by atoms with Crippen molar-refractivity contribution in [2.45, 2.75) is 12.3 Å². The van der Waals surface area contributed by atoms with Crippen molar-refractivity contribution in [3.05, 3.63) is 75.1 Å². The third-order valence-electron chi connectivity index (χ3n) is 5.68. The van der Waals surface area contributed by atoms with Gasteiger partial charge in [0.2, 0.25) is 17.7 Å². The summed E-state index contributed by atoms with van der Waals surface area (Å²) in [6.45, 7) is 1.94. The third-order valence-corrected chi connectivity index (χ3v) is 6.29. The number of nitrogens with one attached hydrogen (secondary N) is 1. The van der Waals surface area contributed by atoms with E-state index in [1.807, 2.05) is 49.4 Å². The summed E-state index contributed by atoms with van der Waals surface area (Å²) in [7, 11) is 1.69. The number of fused-ring (bicyclic) bond motifs is 4. The smallest absolute Gasteiger partial charge is 0.247 e. The van der Waals surface area contributed by atoms with Crippen LogP contribution < -0.4 is 15.4 Å². The number of rotatable bonds is 1. The zero-order valence-electron chi connectivity index (χ0n) is 16.2. The second-order valence-corrected chi connectivity index (χ2v) is 8.21. The second kappa shape index (κ2) is 6.21. The summed E-state index contributed by atoms with van der Waals surface area (Å²) in [5.74, 6) is -0.215. The van der Waals surface area contributed by atoms with E-state index >= 15 is 0 Å². The average Bonchev–Trinajstić information content (AvgIpc) is 3.23. The van der Waals surface area contributed by atoms with Gasteiger partial charge in [0.1, 0.15) is 17.1 Å². The number of aromatic nitrogens is 2. The standard InChI is InChI=1S/C22H16BrN5O2/c1-11-8-13-18(15(23)9-11)28(2)21(29)22(13)14(10-24)19(25)30-20-16(22)17(26-27-20)12-6-4-3-5-7-12/h3-9H,25H2,1-2H3,(H,26,27)/t22-/m1/s1. The van der Waals surface area contributed by atoms with Crippen molar-refractivity contribution < 1.29 is 9.53 Å². The SMILES string of the molecule is Cc1cc(Br)c2c(c1)[C@@]1(C(=O)N2C)C(C#N)=C(N)Oc2n[nH]c(-c3ccccc3)c21. The molecular formula is C22H16BrN5O2. The van der Waals surface area contributed by atoms with Crippen LogP contribution in [0.3, 0.4) is 0 Å². The van der Waals surface area contributed by atoms with Gasteiger partial charge in [0.05, 0.1) is 16.9 Å². The Balaban J connectivity index is 1.96. The highest BCUT2D eigenvalue weighted by molar-refractivity contribution is 9.10. The van der Waals surface area contributed by atoms with Crippen LogP contribution in [0.4, 0.5) is 5.69 Å². The molecule has 0 unspecified atom stereocenters. The van der Waals surface area contributed by atoms with E-state index in [-0.39, 0.29) is 23.2 Å². The molecule has 7 nitrogen and oxygen atoms in total. The maximum absolute atomic E-state index is 13.9. The number of carbonyl (C=O) groups excluding carboxylic acids is 1. The van der Waals surface area contributed by atoms with Crippen molar-refractivity contribution in [2.24, 2.45) is 5.73 Å². The van der Waals surface area contributed by atoms with E-state index in [0.29, 0.717) is 22.5 Å². The lowest BCUT2D eigenvalue weighted by molar-refractivity contribution is -0.120. The minimum absolute atomic E-state index is 0.0571. The highest BCUT2D eigenvalue weighted by Crippen LogP contribution is 2.58. The first-order chi connectivity index (χ1) is 14.4. The van der Waals surface area contributed by atoms with Crippen LogP contribution in [0.5, 0.6) is 5.88 Å². The van der Waals surface area contributed by atoms with Crippen molar-refractivity contribution in [3.8, 4) is 23.2 Å². The number of nitriles is 1. The summed E-state index contributed by atoms with van der Waals surface area (Å²) in [5, 5.41) is 17.4. The van der Waals surface area contributed by atoms with E-state index < -0.39 is 5.41 Å². The minimum atomic E-state index is -1.46. The first-order valence-electron chi connectivity index (χ1n) is 9.22. The molecular weight excluding hydrogens is 446 g/mol. The second-order valence-electron chi connectivity index (χ2n) is 7.35. The Bertz CT molecular complexity index is 1310. The van der Waals surface area contributed by atoms with E-state index in [4.69, 9.17) is 10.5 Å². The molecule has 0 fully saturated rings. The molecule has 2 aliphatic heterocycles. The fourth-order valence-electron chi connectivity index (χ4n) is 4.48. The lowest BCUT2D eigenvalue weighted by Gasteiger charge is -2.32. The maximum Gasteiger partial charge on any atom is 0.247 e. The van der Waals surface area contributed by atoms with Gasteiger partial charge in [-0.25, -0.2) is 0 Å². The number of carbonyl (C=O) groups is 1. The molecule has 8 heteroatoms. The fourth-order valence-corrected chi connectivity index (χ4v) is 5.32. The van der Waals surface area contributed by atoms with Gasteiger partial charge in [-0.3, -0.25) is 9.89 Å². The Morgan fingerprint density at radius 1 is 1.30 bits per heavy atom. The van der Waals surface area contributed by atoms with Gasteiger partial charge in [-0.2, -0.15) is 5.26 Å². The highest BCUT2D eigenvalue weighted by atomic mass is 79.9. The topological polar surface area (TPSA) is 108 Å². The molecule has 30 heavy (non-hydrogen) atoms. The summed E-state index contributed by atoms with van der Waals surface area (Å²) in [6.07, 6.45) is 0. The van der Waals surface area contributed by atoms with Gasteiger partial charge in [0.15, 0.2) is 0 Å². The van der Waals surface area contributed by atoms with Gasteiger partial charge >= 0.3 is 0 Å². The molecule has 1 aromatic heterocycles. The molecule has 0 radical (unpaired) electrons. The average molecular weight is 462 g/mol. The van der Waals surface area contributed by atoms with Gasteiger partial charge in [-0.1, -0.05) is 36.4 Å². The molecule has 3 heterocycles. The van der Waals surface area contributed by atoms with Crippen LogP contribution in [0.25, 0.3) is 11.3 Å². The Morgan fingerprint density at radius 2 is 2.03 bits per heavy atom. The number of anilines is 1. The van der Waals surface area contributed by atoms with Crippen molar-refractivity contribution in [3.63, 3.8) is 0 Å². The maximum atomic E-state index is 13.9. The number of ether oxygens (including phenoxy) is 1. The quantitative estimate of drug-likeness (QED) is 0.576. The zero-order chi connectivity index (χ0) is 21.2. The Morgan fingerprint density at radius 3 is 2.73 bits per heavy atom. The summed E-state index contributed by atoms with van der Waals surface area (Å²) in [5.41, 5.74) is 8.98. The van der Waals surface area contributed by atoms with E-state index in [2.05, 4.69) is 32.2 Å². The number of hydrogen-bond donors (Lipinski definition) is 2. The van der Waals surface area contributed by atoms with Crippen LogP contribution in [0.2, 0.25) is 0 Å². The Labute approximate surface area is 180 Å². The zero-order valence-corrected chi connectivity index (χ0v) is 17.7. The first-order valence-corrected chi connectivity index (χ1v) is 10.0. The van der Waals surface area contributed by atoms with E-state index in [9.17, 15) is 10.1 Å². The number of H-pyrrole nitrogens is 1. The number of aromatic amines is 1. The Hall–Kier alpha value is -3.57. The molecule has 1 atom stereocenters. The molecule has 0 bridgehead atoms. The predicted octanol–water partition coefficient (Wildman–Crippen LogP) is 3.50. The first kappa shape index (κ1) is 18.5. The molecule has 0 saturated heterocycles. The fraction of sp³-hybridized carbons (Fsp3) is 0.136. The predicted molar refractivity (Wildman–Crippen MR) is 115 cm³/mol. The normalized spacial score (nSPS) is 19.5. The molecule has 1 amide bonds. The van der Waals surface area contributed by atoms with Crippen LogP contribution in [0.1, 0.15) is 16.7 Å². The molecule has 2 aromatic carbocycles. The molecule has 3 N–H and O–H groups in total. The van der Waals surface area contributed by atoms with Gasteiger partial charge in [-0.05, 0) is 34.5 Å². The molecule has 148 valence electrons. The van der Waals surface area contributed by atoms with Crippen molar-refractivity contribution in [1.82, 2.24) is 10.2 Å². The Kier molecular flexibility index (Phi) is 3.82. The molecule has 2 aliphatic rings. The number of nitrogens with two attached hydrogens (primary N) is 1. The molecule has 0 aliphatic carbocycles. The van der Waals surface area contributed by atoms with Crippen molar-refractivity contribution >= 4 is 27.5 Å². The van der Waals surface area contributed by atoms with Gasteiger partial charge in [-0.15, -0.1) is 5.10 Å². The van der Waals surface area contributed by atoms with Crippen molar-refractivity contribution in [1.29, 1.82) is 5.26 Å². The number of aryl methyl sites for hydroxylation is 1. The van der Waals surface area contributed by atoms with E-state index in [1.54, 1.807) is 11.9 Å². The number of benzene rings is 2. The number of nitrogens with zero attached hydrogens (tertiary/aromatic N) is 3. The number of likely N-dealkylation sites (N-methyl/N-ethyl adjacent to an activating group) is 1. The lowest BCUT2D eigenvalue weighted by Crippen LogP contribution is -2.45. The summed E-state index contributed by atoms with van der Waals surface area (Å²) in [6, 6.07) is 15.5. The van der Waals surface area contributed by atoms with E-state index in [0.717, 1.165) is 15.6 Å². The molecule has 0 saturated carbocycles. The summed E-state index contributed by atoms with van der Waals surface area (Å²) >= 11 is 3.59. The van der Waals surface area contributed by atoms with Gasteiger partial charge in [0.25, 0.3) is 0 Å². The van der Waals surface area contributed by atoms with Gasteiger partial charge in [0, 0.05) is 22.6 Å². The monoisotopic (exact) mass is 461 g/mol.